The molecule has 0 aliphatic heterocycles. The first-order valence-electron chi connectivity index (χ1n) is 5.33. The van der Waals surface area contributed by atoms with Crippen LogP contribution in [0.25, 0.3) is 11.1 Å². The maximum absolute atomic E-state index is 6.23. The number of ether oxygens (including phenoxy) is 1. The van der Waals surface area contributed by atoms with Gasteiger partial charge in [0.25, 0.3) is 0 Å². The minimum Gasteiger partial charge on any atom is -0.496 e. The van der Waals surface area contributed by atoms with E-state index in [1.54, 1.807) is 7.11 Å². The molecule has 0 fully saturated rings. The first-order chi connectivity index (χ1) is 8.15. The molecule has 0 radical (unpaired) electrons. The predicted molar refractivity (Wildman–Crippen MR) is 72.6 cm³/mol. The maximum atomic E-state index is 6.23. The topological polar surface area (TPSA) is 35.2 Å². The Labute approximate surface area is 106 Å². The molecule has 2 rings (SSSR count). The molecule has 0 heterocycles. The fraction of sp³-hybridized carbons (Fsp3) is 0.143. The molecule has 0 aromatic heterocycles. The predicted octanol–water partition coefficient (Wildman–Crippen LogP) is 3.91. The Hall–Kier alpha value is -1.67. The van der Waals surface area contributed by atoms with Crippen LogP contribution in [0.15, 0.2) is 36.4 Å². The van der Waals surface area contributed by atoms with Gasteiger partial charge >= 0.3 is 0 Å². The Morgan fingerprint density at radius 2 is 1.76 bits per heavy atom. The largest absolute Gasteiger partial charge is 0.496 e. The molecule has 17 heavy (non-hydrogen) atoms. The number of rotatable bonds is 2. The SMILES string of the molecule is COc1cccc(C)c1-c1c(N)cccc1Cl. The average Bonchev–Trinajstić information content (AvgIpc) is 2.30. The average molecular weight is 248 g/mol. The van der Waals surface area contributed by atoms with Gasteiger partial charge in [-0.3, -0.25) is 0 Å². The minimum absolute atomic E-state index is 0.637. The van der Waals surface area contributed by atoms with E-state index in [-0.39, 0.29) is 0 Å². The summed E-state index contributed by atoms with van der Waals surface area (Å²) in [5, 5.41) is 0.637. The fourth-order valence-electron chi connectivity index (χ4n) is 1.94. The van der Waals surface area contributed by atoms with Gasteiger partial charge in [0, 0.05) is 16.8 Å². The summed E-state index contributed by atoms with van der Waals surface area (Å²) in [4.78, 5) is 0. The highest BCUT2D eigenvalue weighted by atomic mass is 35.5. The Bertz CT molecular complexity index is 532. The molecule has 0 atom stereocenters. The van der Waals surface area contributed by atoms with E-state index in [0.29, 0.717) is 10.7 Å². The number of halogens is 1. The molecule has 3 heteroatoms. The van der Waals surface area contributed by atoms with Crippen LogP contribution in [0.2, 0.25) is 5.02 Å². The number of nitrogens with two attached hydrogens (primary N) is 1. The molecule has 0 amide bonds. The Morgan fingerprint density at radius 3 is 2.41 bits per heavy atom. The maximum Gasteiger partial charge on any atom is 0.127 e. The third-order valence-corrected chi connectivity index (χ3v) is 3.07. The number of aryl methyl sites for hydroxylation is 1. The summed E-state index contributed by atoms with van der Waals surface area (Å²) in [5.74, 6) is 0.782. The highest BCUT2D eigenvalue weighted by Gasteiger charge is 2.14. The van der Waals surface area contributed by atoms with Gasteiger partial charge in [-0.05, 0) is 30.7 Å². The fourth-order valence-corrected chi connectivity index (χ4v) is 2.21. The van der Waals surface area contributed by atoms with Crippen LogP contribution in [-0.2, 0) is 0 Å². The van der Waals surface area contributed by atoms with Crippen LogP contribution in [0.3, 0.4) is 0 Å². The smallest absolute Gasteiger partial charge is 0.127 e. The van der Waals surface area contributed by atoms with Gasteiger partial charge in [-0.25, -0.2) is 0 Å². The summed E-state index contributed by atoms with van der Waals surface area (Å²) in [5.41, 5.74) is 9.54. The van der Waals surface area contributed by atoms with E-state index in [9.17, 15) is 0 Å². The van der Waals surface area contributed by atoms with Gasteiger partial charge in [0.05, 0.1) is 12.1 Å². The number of methoxy groups -OCH3 is 1. The highest BCUT2D eigenvalue weighted by Crippen LogP contribution is 2.40. The van der Waals surface area contributed by atoms with Crippen molar-refractivity contribution in [3.05, 3.63) is 47.0 Å². The lowest BCUT2D eigenvalue weighted by atomic mass is 9.98. The van der Waals surface area contributed by atoms with Gasteiger partial charge in [0.2, 0.25) is 0 Å². The molecule has 0 bridgehead atoms. The van der Waals surface area contributed by atoms with Gasteiger partial charge in [0.15, 0.2) is 0 Å². The van der Waals surface area contributed by atoms with Gasteiger partial charge in [-0.2, -0.15) is 0 Å². The summed E-state index contributed by atoms with van der Waals surface area (Å²) in [6.07, 6.45) is 0. The molecule has 2 N–H and O–H groups in total. The summed E-state index contributed by atoms with van der Waals surface area (Å²) in [6.45, 7) is 2.01. The van der Waals surface area contributed by atoms with Crippen LogP contribution >= 0.6 is 11.6 Å². The summed E-state index contributed by atoms with van der Waals surface area (Å²) in [6, 6.07) is 11.4. The molecule has 0 aliphatic rings. The van der Waals surface area contributed by atoms with Crippen molar-refractivity contribution in [3.63, 3.8) is 0 Å². The van der Waals surface area contributed by atoms with Gasteiger partial charge in [-0.15, -0.1) is 0 Å². The molecule has 88 valence electrons. The van der Waals surface area contributed by atoms with E-state index in [0.717, 1.165) is 22.4 Å². The van der Waals surface area contributed by atoms with Crippen molar-refractivity contribution in [2.75, 3.05) is 12.8 Å². The Morgan fingerprint density at radius 1 is 1.06 bits per heavy atom. The third-order valence-electron chi connectivity index (χ3n) is 2.75. The standard InChI is InChI=1S/C14H14ClNO/c1-9-5-3-8-12(17-2)13(9)14-10(15)6-4-7-11(14)16/h3-8H,16H2,1-2H3. The summed E-state index contributed by atoms with van der Waals surface area (Å²) >= 11 is 6.23. The first-order valence-corrected chi connectivity index (χ1v) is 5.71. The lowest BCUT2D eigenvalue weighted by Crippen LogP contribution is -1.96. The Balaban J connectivity index is 2.76. The Kier molecular flexibility index (Phi) is 3.25. The van der Waals surface area contributed by atoms with Gasteiger partial charge in [0.1, 0.15) is 5.75 Å². The van der Waals surface area contributed by atoms with Crippen LogP contribution in [0.1, 0.15) is 5.56 Å². The zero-order valence-electron chi connectivity index (χ0n) is 9.83. The van der Waals surface area contributed by atoms with Crippen molar-refractivity contribution in [2.24, 2.45) is 0 Å². The zero-order valence-corrected chi connectivity index (χ0v) is 10.6. The van der Waals surface area contributed by atoms with Crippen molar-refractivity contribution in [2.45, 2.75) is 6.92 Å². The lowest BCUT2D eigenvalue weighted by Gasteiger charge is -2.14. The third kappa shape index (κ3) is 2.08. The summed E-state index contributed by atoms with van der Waals surface area (Å²) < 4.78 is 5.38. The molecule has 2 aromatic rings. The number of hydrogen-bond donors (Lipinski definition) is 1. The number of anilines is 1. The van der Waals surface area contributed by atoms with E-state index in [2.05, 4.69) is 0 Å². The number of nitrogen functional groups attached to an aromatic ring is 1. The van der Waals surface area contributed by atoms with E-state index < -0.39 is 0 Å². The second-order valence-electron chi connectivity index (χ2n) is 3.86. The van der Waals surface area contributed by atoms with Crippen LogP contribution in [0, 0.1) is 6.92 Å². The molecular formula is C14H14ClNO. The summed E-state index contributed by atoms with van der Waals surface area (Å²) in [7, 11) is 1.64. The highest BCUT2D eigenvalue weighted by molar-refractivity contribution is 6.34. The lowest BCUT2D eigenvalue weighted by molar-refractivity contribution is 0.416. The molecule has 0 saturated carbocycles. The number of hydrogen-bond acceptors (Lipinski definition) is 2. The van der Waals surface area contributed by atoms with Crippen molar-refractivity contribution >= 4 is 17.3 Å². The van der Waals surface area contributed by atoms with E-state index in [1.807, 2.05) is 43.3 Å². The van der Waals surface area contributed by atoms with Gasteiger partial charge in [-0.1, -0.05) is 29.8 Å². The molecule has 0 aliphatic carbocycles. The molecule has 0 unspecified atom stereocenters. The normalized spacial score (nSPS) is 10.3. The zero-order chi connectivity index (χ0) is 12.4. The van der Waals surface area contributed by atoms with Crippen LogP contribution in [-0.4, -0.2) is 7.11 Å². The molecule has 0 spiro atoms. The first kappa shape index (κ1) is 11.8. The van der Waals surface area contributed by atoms with Crippen molar-refractivity contribution in [1.29, 1.82) is 0 Å². The van der Waals surface area contributed by atoms with Crippen LogP contribution in [0.4, 0.5) is 5.69 Å². The van der Waals surface area contributed by atoms with Gasteiger partial charge < -0.3 is 10.5 Å². The number of benzene rings is 2. The quantitative estimate of drug-likeness (QED) is 0.817. The molecule has 2 nitrogen and oxygen atoms in total. The van der Waals surface area contributed by atoms with E-state index in [1.165, 1.54) is 0 Å². The van der Waals surface area contributed by atoms with Crippen molar-refractivity contribution < 1.29 is 4.74 Å². The second-order valence-corrected chi connectivity index (χ2v) is 4.26. The van der Waals surface area contributed by atoms with E-state index in [4.69, 9.17) is 22.1 Å². The van der Waals surface area contributed by atoms with Crippen molar-refractivity contribution in [3.8, 4) is 16.9 Å². The monoisotopic (exact) mass is 247 g/mol. The second kappa shape index (κ2) is 4.68. The minimum atomic E-state index is 0.637. The molecule has 2 aromatic carbocycles. The van der Waals surface area contributed by atoms with Crippen LogP contribution in [0.5, 0.6) is 5.75 Å². The van der Waals surface area contributed by atoms with Crippen LogP contribution < -0.4 is 10.5 Å². The van der Waals surface area contributed by atoms with E-state index >= 15 is 0 Å². The van der Waals surface area contributed by atoms with Crippen molar-refractivity contribution in [1.82, 2.24) is 0 Å². The molecule has 0 saturated heterocycles. The molecular weight excluding hydrogens is 234 g/mol.